The Morgan fingerprint density at radius 1 is 0.950 bits per heavy atom. The molecule has 0 bridgehead atoms. The molecule has 1 N–H and O–H groups in total. The second kappa shape index (κ2) is 4.85. The fraction of sp³-hybridized carbons (Fsp3) is 0.500. The minimum atomic E-state index is -0.129. The first-order valence-electron chi connectivity index (χ1n) is 6.75. The van der Waals surface area contributed by atoms with Crippen molar-refractivity contribution in [3.05, 3.63) is 28.8 Å². The molecule has 0 aliphatic heterocycles. The molecule has 108 valence electrons. The number of phenols is 1. The van der Waals surface area contributed by atoms with Crippen molar-refractivity contribution in [3.8, 4) is 17.1 Å². The monoisotopic (exact) mass is 290 g/mol. The summed E-state index contributed by atoms with van der Waals surface area (Å²) < 4.78 is 4.31. The van der Waals surface area contributed by atoms with Crippen LogP contribution in [0.15, 0.2) is 17.6 Å². The van der Waals surface area contributed by atoms with Crippen molar-refractivity contribution in [2.75, 3.05) is 0 Å². The first-order valence-corrected chi connectivity index (χ1v) is 7.59. The van der Waals surface area contributed by atoms with Crippen LogP contribution >= 0.6 is 11.5 Å². The molecule has 0 fully saturated rings. The molecule has 0 aliphatic rings. The summed E-state index contributed by atoms with van der Waals surface area (Å²) in [5.74, 6) is 1.12. The molecule has 1 aromatic carbocycles. The minimum Gasteiger partial charge on any atom is -0.507 e. The van der Waals surface area contributed by atoms with E-state index in [-0.39, 0.29) is 10.8 Å². The summed E-state index contributed by atoms with van der Waals surface area (Å²) in [7, 11) is 0. The summed E-state index contributed by atoms with van der Waals surface area (Å²) in [4.78, 5) is 4.29. The molecule has 0 unspecified atom stereocenters. The van der Waals surface area contributed by atoms with E-state index in [2.05, 4.69) is 50.9 Å². The van der Waals surface area contributed by atoms with Crippen LogP contribution in [0.25, 0.3) is 11.4 Å². The van der Waals surface area contributed by atoms with E-state index in [9.17, 15) is 5.11 Å². The molecule has 0 saturated carbocycles. The summed E-state index contributed by atoms with van der Waals surface area (Å²) in [5.41, 5.74) is 4.32. The van der Waals surface area contributed by atoms with Gasteiger partial charge in [-0.2, -0.15) is 4.37 Å². The van der Waals surface area contributed by atoms with Crippen molar-refractivity contribution in [1.29, 1.82) is 0 Å². The van der Waals surface area contributed by atoms with Crippen LogP contribution in [0.2, 0.25) is 0 Å². The number of benzene rings is 1. The molecule has 1 aromatic heterocycles. The van der Waals surface area contributed by atoms with Crippen LogP contribution in [0.4, 0.5) is 0 Å². The molecule has 0 atom stereocenters. The lowest BCUT2D eigenvalue weighted by atomic mass is 9.78. The highest BCUT2D eigenvalue weighted by atomic mass is 32.1. The Morgan fingerprint density at radius 3 is 1.80 bits per heavy atom. The van der Waals surface area contributed by atoms with Crippen molar-refractivity contribution >= 4 is 11.5 Å². The van der Waals surface area contributed by atoms with Gasteiger partial charge in [0.1, 0.15) is 11.3 Å². The molecule has 0 radical (unpaired) electrons. The van der Waals surface area contributed by atoms with Crippen molar-refractivity contribution < 1.29 is 5.11 Å². The van der Waals surface area contributed by atoms with E-state index in [1.807, 2.05) is 12.1 Å². The van der Waals surface area contributed by atoms with E-state index in [0.29, 0.717) is 5.75 Å². The normalized spacial score (nSPS) is 12.7. The molecule has 2 aromatic rings. The van der Waals surface area contributed by atoms with Crippen molar-refractivity contribution in [3.63, 3.8) is 0 Å². The van der Waals surface area contributed by atoms with Gasteiger partial charge in [0.2, 0.25) is 0 Å². The van der Waals surface area contributed by atoms with Crippen molar-refractivity contribution in [1.82, 2.24) is 9.36 Å². The van der Waals surface area contributed by atoms with Gasteiger partial charge in [-0.3, -0.25) is 0 Å². The summed E-state index contributed by atoms with van der Waals surface area (Å²) in [6.07, 6.45) is 0. The zero-order valence-electron chi connectivity index (χ0n) is 13.0. The molecule has 3 nitrogen and oxygen atoms in total. The molecule has 0 saturated heterocycles. The molecular weight excluding hydrogens is 268 g/mol. The van der Waals surface area contributed by atoms with Gasteiger partial charge in [-0.1, -0.05) is 41.5 Å². The molecule has 4 heteroatoms. The highest BCUT2D eigenvalue weighted by Crippen LogP contribution is 2.41. The predicted molar refractivity (Wildman–Crippen MR) is 84.4 cm³/mol. The lowest BCUT2D eigenvalue weighted by molar-refractivity contribution is 0.423. The molecular formula is C16H22N2OS. The first-order chi connectivity index (χ1) is 9.10. The average Bonchev–Trinajstić information content (AvgIpc) is 2.79. The first kappa shape index (κ1) is 15.0. The Labute approximate surface area is 124 Å². The second-order valence-corrected chi connectivity index (χ2v) is 7.78. The zero-order valence-corrected chi connectivity index (χ0v) is 13.8. The molecule has 2 rings (SSSR count). The number of phenolic OH excluding ortho intramolecular Hbond substituents is 1. The van der Waals surface area contributed by atoms with Gasteiger partial charge in [-0.25, -0.2) is 4.98 Å². The van der Waals surface area contributed by atoms with Gasteiger partial charge in [0, 0.05) is 16.7 Å². The Hall–Kier alpha value is -1.42. The van der Waals surface area contributed by atoms with Gasteiger partial charge >= 0.3 is 0 Å². The SMILES string of the molecule is CC(C)(C)c1cc(-c2ncsn2)cc(C(C)(C)C)c1O. The Morgan fingerprint density at radius 2 is 1.45 bits per heavy atom. The maximum Gasteiger partial charge on any atom is 0.172 e. The Bertz CT molecular complexity index is 569. The van der Waals surface area contributed by atoms with Crippen LogP contribution in [0, 0.1) is 0 Å². The fourth-order valence-corrected chi connectivity index (χ4v) is 2.65. The quantitative estimate of drug-likeness (QED) is 0.840. The van der Waals surface area contributed by atoms with E-state index in [4.69, 9.17) is 0 Å². The topological polar surface area (TPSA) is 46.0 Å². The summed E-state index contributed by atoms with van der Waals surface area (Å²) in [5, 5.41) is 10.6. The molecule has 20 heavy (non-hydrogen) atoms. The molecule has 0 amide bonds. The van der Waals surface area contributed by atoms with Crippen LogP contribution < -0.4 is 0 Å². The lowest BCUT2D eigenvalue weighted by Gasteiger charge is -2.27. The number of nitrogens with zero attached hydrogens (tertiary/aromatic N) is 2. The lowest BCUT2D eigenvalue weighted by Crippen LogP contribution is -2.17. The Balaban J connectivity index is 2.74. The highest BCUT2D eigenvalue weighted by Gasteiger charge is 2.27. The smallest absolute Gasteiger partial charge is 0.172 e. The number of hydrogen-bond acceptors (Lipinski definition) is 4. The zero-order chi connectivity index (χ0) is 15.1. The van der Waals surface area contributed by atoms with Crippen molar-refractivity contribution in [2.24, 2.45) is 0 Å². The average molecular weight is 290 g/mol. The van der Waals surface area contributed by atoms with Gasteiger partial charge in [-0.15, -0.1) is 0 Å². The third kappa shape index (κ3) is 2.85. The number of hydrogen-bond donors (Lipinski definition) is 1. The molecule has 1 heterocycles. The van der Waals surface area contributed by atoms with Gasteiger partial charge in [0.05, 0.1) is 0 Å². The Kier molecular flexibility index (Phi) is 3.63. The standard InChI is InChI=1S/C16H22N2OS/c1-15(2,3)11-7-10(14-17-9-20-18-14)8-12(13(11)19)16(4,5)6/h7-9,19H,1-6H3. The third-order valence-corrected chi connectivity index (χ3v) is 3.82. The van der Waals surface area contributed by atoms with Crippen LogP contribution in [-0.2, 0) is 10.8 Å². The van der Waals surface area contributed by atoms with Crippen LogP contribution in [-0.4, -0.2) is 14.5 Å². The highest BCUT2D eigenvalue weighted by molar-refractivity contribution is 7.03. The van der Waals surface area contributed by atoms with E-state index in [1.165, 1.54) is 11.5 Å². The molecule has 0 aliphatic carbocycles. The maximum atomic E-state index is 10.6. The maximum absolute atomic E-state index is 10.6. The summed E-state index contributed by atoms with van der Waals surface area (Å²) in [6.45, 7) is 12.6. The van der Waals surface area contributed by atoms with Gasteiger partial charge in [-0.05, 0) is 34.5 Å². The van der Waals surface area contributed by atoms with Gasteiger partial charge in [0.15, 0.2) is 5.82 Å². The van der Waals surface area contributed by atoms with Crippen LogP contribution in [0.3, 0.4) is 0 Å². The van der Waals surface area contributed by atoms with Gasteiger partial charge < -0.3 is 5.11 Å². The number of aromatic nitrogens is 2. The van der Waals surface area contributed by atoms with Gasteiger partial charge in [0.25, 0.3) is 0 Å². The predicted octanol–water partition coefficient (Wildman–Crippen LogP) is 4.51. The number of rotatable bonds is 1. The number of aromatic hydroxyl groups is 1. The summed E-state index contributed by atoms with van der Waals surface area (Å²) in [6, 6.07) is 4.01. The van der Waals surface area contributed by atoms with E-state index in [0.717, 1.165) is 22.5 Å². The van der Waals surface area contributed by atoms with E-state index in [1.54, 1.807) is 5.51 Å². The van der Waals surface area contributed by atoms with E-state index >= 15 is 0 Å². The third-order valence-electron chi connectivity index (χ3n) is 3.35. The largest absolute Gasteiger partial charge is 0.507 e. The minimum absolute atomic E-state index is 0.129. The van der Waals surface area contributed by atoms with E-state index < -0.39 is 0 Å². The van der Waals surface area contributed by atoms with Crippen LogP contribution in [0.5, 0.6) is 5.75 Å². The summed E-state index contributed by atoms with van der Waals surface area (Å²) >= 11 is 1.34. The fourth-order valence-electron chi connectivity index (χ4n) is 2.20. The molecule has 0 spiro atoms. The second-order valence-electron chi connectivity index (χ2n) is 7.17. The van der Waals surface area contributed by atoms with Crippen molar-refractivity contribution in [2.45, 2.75) is 52.4 Å². The van der Waals surface area contributed by atoms with Crippen LogP contribution in [0.1, 0.15) is 52.7 Å².